The number of ether oxygens (including phenoxy) is 2. The third-order valence-electron chi connectivity index (χ3n) is 4.38. The molecule has 1 N–H and O–H groups in total. The number of rotatable bonds is 7. The lowest BCUT2D eigenvalue weighted by Gasteiger charge is -2.13. The molecule has 0 unspecified atom stereocenters. The van der Waals surface area contributed by atoms with Crippen molar-refractivity contribution in [1.82, 2.24) is 0 Å². The highest BCUT2D eigenvalue weighted by Gasteiger charge is 2.15. The first kappa shape index (κ1) is 23.5. The van der Waals surface area contributed by atoms with Crippen molar-refractivity contribution in [3.63, 3.8) is 0 Å². The smallest absolute Gasteiger partial charge is 0.266 e. The fraction of sp³-hybridized carbons (Fsp3) is 0.0833. The lowest BCUT2D eigenvalue weighted by Crippen LogP contribution is -2.13. The van der Waals surface area contributed by atoms with Gasteiger partial charge in [0.25, 0.3) is 5.91 Å². The van der Waals surface area contributed by atoms with Crippen LogP contribution in [0.4, 0.5) is 10.1 Å². The third kappa shape index (κ3) is 5.96. The average molecular weight is 560 g/mol. The zero-order valence-corrected chi connectivity index (χ0v) is 20.0. The molecule has 0 radical (unpaired) electrons. The van der Waals surface area contributed by atoms with Crippen molar-refractivity contribution >= 4 is 49.5 Å². The van der Waals surface area contributed by atoms with Gasteiger partial charge in [0.2, 0.25) is 0 Å². The van der Waals surface area contributed by atoms with Crippen LogP contribution in [-0.4, -0.2) is 13.0 Å². The topological polar surface area (TPSA) is 71.3 Å². The van der Waals surface area contributed by atoms with Crippen LogP contribution in [-0.2, 0) is 11.4 Å². The first-order valence-electron chi connectivity index (χ1n) is 9.33. The molecule has 0 bridgehead atoms. The van der Waals surface area contributed by atoms with E-state index in [0.29, 0.717) is 37.3 Å². The summed E-state index contributed by atoms with van der Waals surface area (Å²) in [7, 11) is 1.55. The summed E-state index contributed by atoms with van der Waals surface area (Å²) in [6, 6.07) is 18.4. The van der Waals surface area contributed by atoms with Gasteiger partial charge in [-0.3, -0.25) is 4.79 Å². The molecular formula is C24H17Br2FN2O3. The number of nitriles is 1. The zero-order chi connectivity index (χ0) is 23.1. The Morgan fingerprint density at radius 3 is 2.53 bits per heavy atom. The number of nitrogens with zero attached hydrogens (tertiary/aromatic N) is 1. The van der Waals surface area contributed by atoms with Crippen molar-refractivity contribution in [2.45, 2.75) is 6.61 Å². The highest BCUT2D eigenvalue weighted by molar-refractivity contribution is 9.11. The molecule has 0 atom stereocenters. The van der Waals surface area contributed by atoms with Gasteiger partial charge in [-0.25, -0.2) is 4.39 Å². The molecule has 0 aromatic heterocycles. The summed E-state index contributed by atoms with van der Waals surface area (Å²) in [6.07, 6.45) is 1.42. The van der Waals surface area contributed by atoms with E-state index in [9.17, 15) is 14.4 Å². The van der Waals surface area contributed by atoms with Crippen molar-refractivity contribution in [3.05, 3.63) is 92.1 Å². The minimum Gasteiger partial charge on any atom is -0.497 e. The lowest BCUT2D eigenvalue weighted by atomic mass is 10.1. The number of methoxy groups -OCH3 is 1. The van der Waals surface area contributed by atoms with Crippen LogP contribution < -0.4 is 14.8 Å². The van der Waals surface area contributed by atoms with Gasteiger partial charge in [-0.15, -0.1) is 0 Å². The molecule has 0 fully saturated rings. The normalized spacial score (nSPS) is 10.9. The van der Waals surface area contributed by atoms with Crippen molar-refractivity contribution in [1.29, 1.82) is 5.26 Å². The molecule has 3 aromatic rings. The minimum absolute atomic E-state index is 0.0202. The monoisotopic (exact) mass is 558 g/mol. The van der Waals surface area contributed by atoms with Crippen LogP contribution >= 0.6 is 31.9 Å². The Morgan fingerprint density at radius 2 is 1.88 bits per heavy atom. The average Bonchev–Trinajstić information content (AvgIpc) is 2.78. The Bertz CT molecular complexity index is 1200. The number of benzene rings is 3. The van der Waals surface area contributed by atoms with Gasteiger partial charge >= 0.3 is 0 Å². The van der Waals surface area contributed by atoms with Gasteiger partial charge in [0, 0.05) is 21.3 Å². The number of carbonyl (C=O) groups excluding carboxylic acids is 1. The molecule has 0 saturated heterocycles. The van der Waals surface area contributed by atoms with E-state index in [2.05, 4.69) is 37.2 Å². The summed E-state index contributed by atoms with van der Waals surface area (Å²) in [4.78, 5) is 12.7. The maximum absolute atomic E-state index is 14.0. The van der Waals surface area contributed by atoms with Crippen LogP contribution in [0.25, 0.3) is 6.08 Å². The van der Waals surface area contributed by atoms with E-state index in [4.69, 9.17) is 9.47 Å². The summed E-state index contributed by atoms with van der Waals surface area (Å²) in [5.74, 6) is 0.0688. The second-order valence-electron chi connectivity index (χ2n) is 6.54. The van der Waals surface area contributed by atoms with Crippen LogP contribution in [0, 0.1) is 17.1 Å². The predicted molar refractivity (Wildman–Crippen MR) is 128 cm³/mol. The zero-order valence-electron chi connectivity index (χ0n) is 16.9. The van der Waals surface area contributed by atoms with Gasteiger partial charge in [-0.05, 0) is 64.5 Å². The molecule has 0 heterocycles. The first-order chi connectivity index (χ1) is 15.4. The minimum atomic E-state index is -0.575. The number of anilines is 1. The van der Waals surface area contributed by atoms with Crippen molar-refractivity contribution in [2.24, 2.45) is 0 Å². The summed E-state index contributed by atoms with van der Waals surface area (Å²) in [6.45, 7) is -0.0202. The van der Waals surface area contributed by atoms with Crippen LogP contribution in [0.5, 0.6) is 11.5 Å². The first-order valence-corrected chi connectivity index (χ1v) is 10.9. The Morgan fingerprint density at radius 1 is 1.16 bits per heavy atom. The van der Waals surface area contributed by atoms with E-state index < -0.39 is 5.91 Å². The Kier molecular flexibility index (Phi) is 8.03. The van der Waals surface area contributed by atoms with Gasteiger partial charge in [0.1, 0.15) is 35.6 Å². The molecule has 8 heteroatoms. The molecule has 0 aliphatic carbocycles. The molecule has 5 nitrogen and oxygen atoms in total. The summed E-state index contributed by atoms with van der Waals surface area (Å²) < 4.78 is 26.2. The Balaban J connectivity index is 1.87. The molecule has 3 rings (SSSR count). The summed E-state index contributed by atoms with van der Waals surface area (Å²) >= 11 is 6.83. The molecule has 0 saturated carbocycles. The highest BCUT2D eigenvalue weighted by atomic mass is 79.9. The summed E-state index contributed by atoms with van der Waals surface area (Å²) in [5.41, 5.74) is 1.25. The molecular weight excluding hydrogens is 543 g/mol. The van der Waals surface area contributed by atoms with Crippen molar-refractivity contribution in [3.8, 4) is 17.6 Å². The van der Waals surface area contributed by atoms with Crippen molar-refractivity contribution < 1.29 is 18.7 Å². The molecule has 3 aromatic carbocycles. The van der Waals surface area contributed by atoms with Crippen LogP contribution in [0.3, 0.4) is 0 Å². The summed E-state index contributed by atoms with van der Waals surface area (Å²) in [5, 5.41) is 12.3. The van der Waals surface area contributed by atoms with Gasteiger partial charge in [0.05, 0.1) is 11.6 Å². The van der Waals surface area contributed by atoms with Gasteiger partial charge < -0.3 is 14.8 Å². The Hall–Kier alpha value is -3.15. The largest absolute Gasteiger partial charge is 0.497 e. The van der Waals surface area contributed by atoms with Gasteiger partial charge in [0.15, 0.2) is 0 Å². The maximum atomic E-state index is 14.0. The highest BCUT2D eigenvalue weighted by Crippen LogP contribution is 2.35. The van der Waals surface area contributed by atoms with E-state index in [1.165, 1.54) is 12.1 Å². The van der Waals surface area contributed by atoms with E-state index in [1.807, 2.05) is 6.07 Å². The van der Waals surface area contributed by atoms with E-state index in [-0.39, 0.29) is 18.0 Å². The van der Waals surface area contributed by atoms with Crippen molar-refractivity contribution in [2.75, 3.05) is 12.4 Å². The molecule has 0 aliphatic rings. The van der Waals surface area contributed by atoms with Gasteiger partial charge in [-0.2, -0.15) is 5.26 Å². The van der Waals surface area contributed by atoms with Crippen LogP contribution in [0.1, 0.15) is 11.1 Å². The number of hydrogen-bond acceptors (Lipinski definition) is 4. The second-order valence-corrected chi connectivity index (χ2v) is 8.31. The standard InChI is InChI=1S/C24H17Br2FN2O3/c1-31-20-8-6-19(7-9-20)29-24(30)17(13-28)10-16-11-18(25)12-21(26)23(16)32-14-15-4-2-3-5-22(15)27/h2-12H,14H2,1H3,(H,29,30)/b17-10+. The number of carbonyl (C=O) groups is 1. The number of nitrogens with one attached hydrogen (secondary N) is 1. The number of halogens is 3. The quantitative estimate of drug-likeness (QED) is 0.265. The molecule has 0 aliphatic heterocycles. The second kappa shape index (κ2) is 10.9. The van der Waals surface area contributed by atoms with E-state index in [1.54, 1.807) is 61.7 Å². The fourth-order valence-corrected chi connectivity index (χ4v) is 4.15. The third-order valence-corrected chi connectivity index (χ3v) is 5.43. The molecule has 0 spiro atoms. The molecule has 32 heavy (non-hydrogen) atoms. The van der Waals surface area contributed by atoms with Crippen LogP contribution in [0.15, 0.2) is 75.2 Å². The number of hydrogen-bond donors (Lipinski definition) is 1. The lowest BCUT2D eigenvalue weighted by molar-refractivity contribution is -0.112. The van der Waals surface area contributed by atoms with E-state index >= 15 is 0 Å². The van der Waals surface area contributed by atoms with Crippen LogP contribution in [0.2, 0.25) is 0 Å². The van der Waals surface area contributed by atoms with Gasteiger partial charge in [-0.1, -0.05) is 34.1 Å². The number of amides is 1. The SMILES string of the molecule is COc1ccc(NC(=O)/C(C#N)=C/c2cc(Br)cc(Br)c2OCc2ccccc2F)cc1. The van der Waals surface area contributed by atoms with E-state index in [0.717, 1.165) is 0 Å². The molecule has 162 valence electrons. The molecule has 1 amide bonds. The maximum Gasteiger partial charge on any atom is 0.266 e. The predicted octanol–water partition coefficient (Wildman–Crippen LogP) is 6.48. The fourth-order valence-electron chi connectivity index (χ4n) is 2.78. The Labute approximate surface area is 201 Å².